The van der Waals surface area contributed by atoms with Gasteiger partial charge < -0.3 is 9.47 Å². The van der Waals surface area contributed by atoms with Gasteiger partial charge in [0.05, 0.1) is 32.3 Å². The maximum atomic E-state index is 13.6. The first kappa shape index (κ1) is 15.7. The van der Waals surface area contributed by atoms with Crippen LogP contribution in [0.4, 0.5) is 4.39 Å². The van der Waals surface area contributed by atoms with Crippen molar-refractivity contribution in [1.82, 2.24) is 0 Å². The molecule has 8 nitrogen and oxygen atoms in total. The summed E-state index contributed by atoms with van der Waals surface area (Å²) in [4.78, 5) is 36.9. The summed E-state index contributed by atoms with van der Waals surface area (Å²) in [5, 5.41) is 10.7. The Morgan fingerprint density at radius 2 is 2.00 bits per heavy atom. The van der Waals surface area contributed by atoms with Crippen LogP contribution in [0.5, 0.6) is 0 Å². The standard InChI is InChI=1S/C11H13FN2O6/c1-19-10(15)9(11(16)20-2)7(5-14(17)18)6-3-13-4-8(6)12/h3-4,6-7,9H,5H2,1-2H3. The Labute approximate surface area is 113 Å². The van der Waals surface area contributed by atoms with Crippen LogP contribution in [0.15, 0.2) is 17.0 Å². The predicted octanol–water partition coefficient (Wildman–Crippen LogP) is 0.353. The Bertz CT molecular complexity index is 460. The molecule has 0 amide bonds. The number of carbonyl (C=O) groups excluding carboxylic acids is 2. The molecule has 0 bridgehead atoms. The van der Waals surface area contributed by atoms with E-state index in [0.29, 0.717) is 0 Å². The van der Waals surface area contributed by atoms with Crippen LogP contribution in [0.2, 0.25) is 0 Å². The summed E-state index contributed by atoms with van der Waals surface area (Å²) in [6, 6.07) is 0. The van der Waals surface area contributed by atoms with Crippen molar-refractivity contribution in [1.29, 1.82) is 0 Å². The zero-order chi connectivity index (χ0) is 15.3. The molecule has 1 aliphatic heterocycles. The fourth-order valence-corrected chi connectivity index (χ4v) is 1.98. The van der Waals surface area contributed by atoms with Gasteiger partial charge in [0, 0.05) is 11.1 Å². The van der Waals surface area contributed by atoms with Crippen molar-refractivity contribution in [3.05, 3.63) is 22.1 Å². The van der Waals surface area contributed by atoms with E-state index in [0.717, 1.165) is 26.6 Å². The second kappa shape index (κ2) is 6.73. The smallest absolute Gasteiger partial charge is 0.320 e. The number of allylic oxidation sites excluding steroid dienone is 1. The van der Waals surface area contributed by atoms with Gasteiger partial charge in [0.2, 0.25) is 6.54 Å². The Balaban J connectivity index is 3.14. The van der Waals surface area contributed by atoms with E-state index in [4.69, 9.17) is 0 Å². The Hall–Kier alpha value is -2.32. The maximum Gasteiger partial charge on any atom is 0.320 e. The highest BCUT2D eigenvalue weighted by Crippen LogP contribution is 2.31. The van der Waals surface area contributed by atoms with Crippen molar-refractivity contribution in [3.8, 4) is 0 Å². The van der Waals surface area contributed by atoms with E-state index in [9.17, 15) is 24.1 Å². The molecule has 2 unspecified atom stereocenters. The van der Waals surface area contributed by atoms with E-state index < -0.39 is 47.0 Å². The summed E-state index contributed by atoms with van der Waals surface area (Å²) in [5.41, 5.74) is 0. The first-order valence-electron chi connectivity index (χ1n) is 5.58. The number of aliphatic imine (C=N–C) groups is 1. The number of carbonyl (C=O) groups is 2. The SMILES string of the molecule is COC(=O)C(C(=O)OC)C(C[N+](=O)[O-])C1C=NC=C1F. The molecule has 0 saturated carbocycles. The Morgan fingerprint density at radius 1 is 1.45 bits per heavy atom. The highest BCUT2D eigenvalue weighted by atomic mass is 19.1. The van der Waals surface area contributed by atoms with Gasteiger partial charge in [-0.15, -0.1) is 0 Å². The first-order chi connectivity index (χ1) is 9.42. The zero-order valence-corrected chi connectivity index (χ0v) is 10.8. The number of rotatable bonds is 6. The van der Waals surface area contributed by atoms with Crippen LogP contribution in [-0.2, 0) is 19.1 Å². The van der Waals surface area contributed by atoms with Crippen LogP contribution in [0, 0.1) is 27.9 Å². The molecule has 2 atom stereocenters. The third-order valence-electron chi connectivity index (χ3n) is 2.92. The third-order valence-corrected chi connectivity index (χ3v) is 2.92. The van der Waals surface area contributed by atoms with Gasteiger partial charge in [0.25, 0.3) is 0 Å². The van der Waals surface area contributed by atoms with Crippen molar-refractivity contribution < 1.29 is 28.4 Å². The lowest BCUT2D eigenvalue weighted by atomic mass is 9.81. The highest BCUT2D eigenvalue weighted by molar-refractivity contribution is 5.95. The van der Waals surface area contributed by atoms with Gasteiger partial charge in [0.1, 0.15) is 5.83 Å². The van der Waals surface area contributed by atoms with Crippen molar-refractivity contribution >= 4 is 18.2 Å². The van der Waals surface area contributed by atoms with Gasteiger partial charge in [-0.3, -0.25) is 24.7 Å². The number of hydrogen-bond acceptors (Lipinski definition) is 7. The van der Waals surface area contributed by atoms with Crippen LogP contribution in [0.25, 0.3) is 0 Å². The zero-order valence-electron chi connectivity index (χ0n) is 10.8. The van der Waals surface area contributed by atoms with Gasteiger partial charge in [-0.25, -0.2) is 4.39 Å². The number of ether oxygens (including phenoxy) is 2. The van der Waals surface area contributed by atoms with Gasteiger partial charge in [-0.2, -0.15) is 0 Å². The lowest BCUT2D eigenvalue weighted by molar-refractivity contribution is -0.490. The molecule has 1 rings (SSSR count). The average molecular weight is 288 g/mol. The van der Waals surface area contributed by atoms with Crippen LogP contribution < -0.4 is 0 Å². The predicted molar refractivity (Wildman–Crippen MR) is 64.0 cm³/mol. The number of halogens is 1. The number of methoxy groups -OCH3 is 2. The summed E-state index contributed by atoms with van der Waals surface area (Å²) >= 11 is 0. The second-order valence-corrected chi connectivity index (χ2v) is 4.04. The van der Waals surface area contributed by atoms with Gasteiger partial charge in [-0.1, -0.05) is 0 Å². The molecule has 0 radical (unpaired) electrons. The summed E-state index contributed by atoms with van der Waals surface area (Å²) in [7, 11) is 2.05. The minimum atomic E-state index is -1.59. The molecular weight excluding hydrogens is 275 g/mol. The van der Waals surface area contributed by atoms with E-state index in [1.807, 2.05) is 0 Å². The molecule has 0 aromatic rings. The van der Waals surface area contributed by atoms with E-state index >= 15 is 0 Å². The van der Waals surface area contributed by atoms with Crippen LogP contribution >= 0.6 is 0 Å². The normalized spacial score (nSPS) is 18.6. The maximum absolute atomic E-state index is 13.6. The number of nitro groups is 1. The summed E-state index contributed by atoms with van der Waals surface area (Å²) in [5.74, 6) is -6.79. The number of nitrogens with zero attached hydrogens (tertiary/aromatic N) is 2. The topological polar surface area (TPSA) is 108 Å². The minimum absolute atomic E-state index is 0.733. The Kier molecular flexibility index (Phi) is 5.30. The van der Waals surface area contributed by atoms with Gasteiger partial charge in [0.15, 0.2) is 5.92 Å². The Morgan fingerprint density at radius 3 is 2.35 bits per heavy atom. The average Bonchev–Trinajstić information content (AvgIpc) is 2.82. The van der Waals surface area contributed by atoms with E-state index in [-0.39, 0.29) is 0 Å². The molecule has 1 heterocycles. The minimum Gasteiger partial charge on any atom is -0.468 e. The highest BCUT2D eigenvalue weighted by Gasteiger charge is 2.45. The molecule has 110 valence electrons. The molecule has 20 heavy (non-hydrogen) atoms. The second-order valence-electron chi connectivity index (χ2n) is 4.04. The number of hydrogen-bond donors (Lipinski definition) is 0. The van der Waals surface area contributed by atoms with Crippen molar-refractivity contribution in [2.45, 2.75) is 0 Å². The van der Waals surface area contributed by atoms with E-state index in [1.165, 1.54) is 0 Å². The van der Waals surface area contributed by atoms with Crippen LogP contribution in [0.1, 0.15) is 0 Å². The monoisotopic (exact) mass is 288 g/mol. The lowest BCUT2D eigenvalue weighted by Crippen LogP contribution is -2.41. The van der Waals surface area contributed by atoms with Crippen molar-refractivity contribution in [2.24, 2.45) is 22.7 Å². The summed E-state index contributed by atoms with van der Waals surface area (Å²) in [6.07, 6.45) is 1.99. The van der Waals surface area contributed by atoms with Crippen molar-refractivity contribution in [3.63, 3.8) is 0 Å². The van der Waals surface area contributed by atoms with Gasteiger partial charge in [-0.05, 0) is 0 Å². The molecule has 0 aromatic heterocycles. The van der Waals surface area contributed by atoms with E-state index in [1.54, 1.807) is 0 Å². The molecule has 9 heteroatoms. The molecule has 1 aliphatic rings. The molecule has 0 aliphatic carbocycles. The summed E-state index contributed by atoms with van der Waals surface area (Å²) < 4.78 is 22.5. The third kappa shape index (κ3) is 3.37. The fourth-order valence-electron chi connectivity index (χ4n) is 1.98. The molecule has 0 spiro atoms. The fraction of sp³-hybridized carbons (Fsp3) is 0.545. The first-order valence-corrected chi connectivity index (χ1v) is 5.58. The van der Waals surface area contributed by atoms with Crippen molar-refractivity contribution in [2.75, 3.05) is 20.8 Å². The quantitative estimate of drug-likeness (QED) is 0.302. The molecule has 0 aromatic carbocycles. The largest absolute Gasteiger partial charge is 0.468 e. The molecule has 0 saturated heterocycles. The summed E-state index contributed by atoms with van der Waals surface area (Å²) in [6.45, 7) is -0.799. The lowest BCUT2D eigenvalue weighted by Gasteiger charge is -2.23. The molecule has 0 fully saturated rings. The molecule has 0 N–H and O–H groups in total. The van der Waals surface area contributed by atoms with Crippen LogP contribution in [-0.4, -0.2) is 43.8 Å². The van der Waals surface area contributed by atoms with Gasteiger partial charge >= 0.3 is 11.9 Å². The number of esters is 2. The van der Waals surface area contributed by atoms with E-state index in [2.05, 4.69) is 14.5 Å². The van der Waals surface area contributed by atoms with Crippen LogP contribution in [0.3, 0.4) is 0 Å². The molecular formula is C11H13FN2O6.